The highest BCUT2D eigenvalue weighted by molar-refractivity contribution is 7.92. The molecule has 1 amide bonds. The number of aryl methyl sites for hydroxylation is 1. The zero-order chi connectivity index (χ0) is 19.8. The van der Waals surface area contributed by atoms with E-state index in [1.165, 1.54) is 47.8 Å². The quantitative estimate of drug-likeness (QED) is 0.799. The number of carboxylic acids is 1. The number of hydrogen-bond donors (Lipinski definition) is 2. The van der Waals surface area contributed by atoms with Gasteiger partial charge in [0.1, 0.15) is 5.75 Å². The van der Waals surface area contributed by atoms with Gasteiger partial charge in [-0.2, -0.15) is 0 Å². The van der Waals surface area contributed by atoms with E-state index in [-0.39, 0.29) is 28.3 Å². The number of methoxy groups -OCH3 is 1. The Labute approximate surface area is 156 Å². The van der Waals surface area contributed by atoms with Gasteiger partial charge in [-0.3, -0.25) is 9.10 Å². The van der Waals surface area contributed by atoms with Crippen molar-refractivity contribution in [1.29, 1.82) is 0 Å². The number of carboxylic acid groups (broad SMARTS) is 1. The third-order valence-corrected chi connectivity index (χ3v) is 6.24. The van der Waals surface area contributed by atoms with E-state index in [4.69, 9.17) is 15.6 Å². The van der Waals surface area contributed by atoms with Crippen molar-refractivity contribution in [2.75, 3.05) is 18.0 Å². The molecule has 1 aliphatic rings. The molecular weight excluding hydrogens is 372 g/mol. The summed E-state index contributed by atoms with van der Waals surface area (Å²) in [6.45, 7) is 0.250. The number of carbonyl (C=O) groups is 2. The lowest BCUT2D eigenvalue weighted by molar-refractivity contribution is 0.0696. The molecule has 142 valence electrons. The number of benzene rings is 2. The van der Waals surface area contributed by atoms with E-state index >= 15 is 0 Å². The van der Waals surface area contributed by atoms with Crippen molar-refractivity contribution in [1.82, 2.24) is 0 Å². The number of aromatic carboxylic acids is 1. The summed E-state index contributed by atoms with van der Waals surface area (Å²) in [4.78, 5) is 22.7. The topological polar surface area (TPSA) is 127 Å². The molecule has 9 heteroatoms. The molecule has 0 radical (unpaired) electrons. The fraction of sp³-hybridized carbons (Fsp3) is 0.222. The van der Waals surface area contributed by atoms with Gasteiger partial charge in [-0.05, 0) is 54.8 Å². The van der Waals surface area contributed by atoms with Crippen molar-refractivity contribution in [2.45, 2.75) is 17.7 Å². The Balaban J connectivity index is 2.08. The third-order valence-electron chi connectivity index (χ3n) is 4.43. The van der Waals surface area contributed by atoms with E-state index in [1.807, 2.05) is 0 Å². The SMILES string of the molecule is COc1ccc(S(=O)(=O)N2CCCc3cc(C(=O)O)ccc32)cc1C(N)=O. The lowest BCUT2D eigenvalue weighted by atomic mass is 10.0. The summed E-state index contributed by atoms with van der Waals surface area (Å²) in [6.07, 6.45) is 1.13. The summed E-state index contributed by atoms with van der Waals surface area (Å²) >= 11 is 0. The van der Waals surface area contributed by atoms with E-state index in [9.17, 15) is 18.0 Å². The number of nitrogens with two attached hydrogens (primary N) is 1. The number of anilines is 1. The van der Waals surface area contributed by atoms with Crippen LogP contribution in [-0.2, 0) is 16.4 Å². The molecule has 0 atom stereocenters. The second-order valence-corrected chi connectivity index (χ2v) is 7.92. The average molecular weight is 390 g/mol. The van der Waals surface area contributed by atoms with Crippen LogP contribution in [-0.4, -0.2) is 39.1 Å². The summed E-state index contributed by atoms with van der Waals surface area (Å²) in [7, 11) is -2.61. The van der Waals surface area contributed by atoms with Gasteiger partial charge < -0.3 is 15.6 Å². The van der Waals surface area contributed by atoms with Gasteiger partial charge in [0.2, 0.25) is 0 Å². The largest absolute Gasteiger partial charge is 0.496 e. The Kier molecular flexibility index (Phi) is 4.79. The number of ether oxygens (including phenoxy) is 1. The van der Waals surface area contributed by atoms with Gasteiger partial charge in [0.25, 0.3) is 15.9 Å². The molecule has 0 saturated carbocycles. The number of fused-ring (bicyclic) bond motifs is 1. The minimum Gasteiger partial charge on any atom is -0.496 e. The van der Waals surface area contributed by atoms with E-state index in [1.54, 1.807) is 0 Å². The molecule has 1 aliphatic heterocycles. The Morgan fingerprint density at radius 1 is 1.19 bits per heavy atom. The maximum absolute atomic E-state index is 13.2. The Morgan fingerprint density at radius 3 is 2.56 bits per heavy atom. The molecule has 0 unspecified atom stereocenters. The van der Waals surface area contributed by atoms with E-state index in [0.29, 0.717) is 24.1 Å². The standard InChI is InChI=1S/C18H18N2O6S/c1-26-16-7-5-13(10-14(16)17(19)21)27(24,25)20-8-2-3-11-9-12(18(22)23)4-6-15(11)20/h4-7,9-10H,2-3,8H2,1H3,(H2,19,21)(H,22,23). The molecule has 8 nitrogen and oxygen atoms in total. The van der Waals surface area contributed by atoms with Crippen LogP contribution in [0.15, 0.2) is 41.3 Å². The van der Waals surface area contributed by atoms with Gasteiger partial charge in [-0.1, -0.05) is 0 Å². The molecule has 3 N–H and O–H groups in total. The van der Waals surface area contributed by atoms with Gasteiger partial charge in [0, 0.05) is 6.54 Å². The maximum Gasteiger partial charge on any atom is 0.335 e. The number of hydrogen-bond acceptors (Lipinski definition) is 5. The summed E-state index contributed by atoms with van der Waals surface area (Å²) in [5.41, 5.74) is 6.47. The number of primary amides is 1. The van der Waals surface area contributed by atoms with Crippen LogP contribution in [0.5, 0.6) is 5.75 Å². The number of sulfonamides is 1. The van der Waals surface area contributed by atoms with Gasteiger partial charge in [0.05, 0.1) is 28.8 Å². The van der Waals surface area contributed by atoms with Gasteiger partial charge in [0.15, 0.2) is 0 Å². The molecule has 0 spiro atoms. The van der Waals surface area contributed by atoms with E-state index in [0.717, 1.165) is 0 Å². The number of nitrogens with zero attached hydrogens (tertiary/aromatic N) is 1. The van der Waals surface area contributed by atoms with Crippen molar-refractivity contribution >= 4 is 27.6 Å². The maximum atomic E-state index is 13.2. The average Bonchev–Trinajstić information content (AvgIpc) is 2.66. The molecular formula is C18H18N2O6S. The number of carbonyl (C=O) groups excluding carboxylic acids is 1. The van der Waals surface area contributed by atoms with E-state index < -0.39 is 21.9 Å². The molecule has 0 aliphatic carbocycles. The highest BCUT2D eigenvalue weighted by atomic mass is 32.2. The summed E-state index contributed by atoms with van der Waals surface area (Å²) in [5.74, 6) is -1.68. The first-order valence-corrected chi connectivity index (χ1v) is 9.56. The minimum absolute atomic E-state index is 0.0305. The predicted octanol–water partition coefficient (Wildman–Crippen LogP) is 1.63. The monoisotopic (exact) mass is 390 g/mol. The normalized spacial score (nSPS) is 13.7. The second-order valence-electron chi connectivity index (χ2n) is 6.06. The highest BCUT2D eigenvalue weighted by Gasteiger charge is 2.30. The van der Waals surface area contributed by atoms with Gasteiger partial charge >= 0.3 is 5.97 Å². The first-order chi connectivity index (χ1) is 12.8. The van der Waals surface area contributed by atoms with Crippen molar-refractivity contribution in [3.63, 3.8) is 0 Å². The number of rotatable bonds is 5. The van der Waals surface area contributed by atoms with Crippen LogP contribution < -0.4 is 14.8 Å². The van der Waals surface area contributed by atoms with Crippen molar-refractivity contribution in [3.8, 4) is 5.75 Å². The number of amides is 1. The summed E-state index contributed by atoms with van der Waals surface area (Å²) in [6, 6.07) is 8.27. The molecule has 1 heterocycles. The lowest BCUT2D eigenvalue weighted by Crippen LogP contribution is -2.35. The molecule has 0 saturated heterocycles. The first-order valence-electron chi connectivity index (χ1n) is 8.12. The fourth-order valence-electron chi connectivity index (χ4n) is 3.11. The second kappa shape index (κ2) is 6.92. The molecule has 27 heavy (non-hydrogen) atoms. The third kappa shape index (κ3) is 3.33. The smallest absolute Gasteiger partial charge is 0.335 e. The van der Waals surface area contributed by atoms with Gasteiger partial charge in [-0.15, -0.1) is 0 Å². The molecule has 0 fully saturated rings. The highest BCUT2D eigenvalue weighted by Crippen LogP contribution is 2.33. The first kappa shape index (κ1) is 18.7. The fourth-order valence-corrected chi connectivity index (χ4v) is 4.68. The molecule has 0 aromatic heterocycles. The Hall–Kier alpha value is -3.07. The minimum atomic E-state index is -3.97. The molecule has 0 bridgehead atoms. The summed E-state index contributed by atoms with van der Waals surface area (Å²) < 4.78 is 32.6. The summed E-state index contributed by atoms with van der Waals surface area (Å²) in [5, 5.41) is 9.13. The lowest BCUT2D eigenvalue weighted by Gasteiger charge is -2.30. The van der Waals surface area contributed by atoms with Crippen LogP contribution in [0.1, 0.15) is 32.7 Å². The van der Waals surface area contributed by atoms with Crippen LogP contribution >= 0.6 is 0 Å². The molecule has 3 rings (SSSR count). The Morgan fingerprint density at radius 2 is 1.93 bits per heavy atom. The van der Waals surface area contributed by atoms with E-state index in [2.05, 4.69) is 0 Å². The predicted molar refractivity (Wildman–Crippen MR) is 97.8 cm³/mol. The van der Waals surface area contributed by atoms with Crippen LogP contribution in [0.25, 0.3) is 0 Å². The van der Waals surface area contributed by atoms with Crippen LogP contribution in [0, 0.1) is 0 Å². The van der Waals surface area contributed by atoms with Crippen LogP contribution in [0.4, 0.5) is 5.69 Å². The van der Waals surface area contributed by atoms with Gasteiger partial charge in [-0.25, -0.2) is 13.2 Å². The molecule has 2 aromatic carbocycles. The van der Waals surface area contributed by atoms with Crippen molar-refractivity contribution in [3.05, 3.63) is 53.1 Å². The molecule has 2 aromatic rings. The zero-order valence-corrected chi connectivity index (χ0v) is 15.3. The van der Waals surface area contributed by atoms with Crippen molar-refractivity contribution < 1.29 is 27.9 Å². The van der Waals surface area contributed by atoms with Crippen LogP contribution in [0.2, 0.25) is 0 Å². The zero-order valence-electron chi connectivity index (χ0n) is 14.5. The van der Waals surface area contributed by atoms with Crippen LogP contribution in [0.3, 0.4) is 0 Å². The van der Waals surface area contributed by atoms with Crippen molar-refractivity contribution in [2.24, 2.45) is 5.73 Å². The Bertz CT molecular complexity index is 1030.